The number of nitrogens with zero attached hydrogens (tertiary/aromatic N) is 3. The van der Waals surface area contributed by atoms with E-state index in [-0.39, 0.29) is 23.1 Å². The van der Waals surface area contributed by atoms with Crippen LogP contribution in [-0.2, 0) is 14.5 Å². The van der Waals surface area contributed by atoms with Crippen molar-refractivity contribution in [1.29, 1.82) is 0 Å². The van der Waals surface area contributed by atoms with E-state index >= 15 is 0 Å². The molecule has 0 spiro atoms. The number of hydrogen-bond donors (Lipinski definition) is 8. The fourth-order valence-electron chi connectivity index (χ4n) is 10.0. The number of rotatable bonds is 16. The Morgan fingerprint density at radius 3 is 1.86 bits per heavy atom. The predicted molar refractivity (Wildman–Crippen MR) is 216 cm³/mol. The topological polar surface area (TPSA) is 200 Å². The molecule has 0 amide bonds. The van der Waals surface area contributed by atoms with Crippen LogP contribution in [0.15, 0.2) is 33.4 Å². The maximum absolute atomic E-state index is 11.2. The number of hydrogen-bond acceptors (Lipinski definition) is 13. The summed E-state index contributed by atoms with van der Waals surface area (Å²) in [4.78, 5) is 15.3. The van der Waals surface area contributed by atoms with E-state index in [1.165, 1.54) is 38.5 Å². The Hall–Kier alpha value is -3.02. The molecule has 6 rings (SSSR count). The number of methoxy groups -OCH3 is 2. The lowest BCUT2D eigenvalue weighted by atomic mass is 9.74. The van der Waals surface area contributed by atoms with Crippen LogP contribution in [0.3, 0.4) is 0 Å². The quantitative estimate of drug-likeness (QED) is 0.0298. The van der Waals surface area contributed by atoms with Crippen molar-refractivity contribution in [3.05, 3.63) is 33.3 Å². The lowest BCUT2D eigenvalue weighted by molar-refractivity contribution is -0.526. The van der Waals surface area contributed by atoms with E-state index < -0.39 is 6.04 Å². The SMILES string of the molecule is COC1=C(NN=C(NNC2CCC([N+](=O)[O-])CC2)C2CCCCC2)CCC(C2CCC(NN=C(NNC3CCC(NOO)CC3)C3CCCCC3)=CC2OC)C1. The van der Waals surface area contributed by atoms with Gasteiger partial charge < -0.3 is 20.3 Å². The first kappa shape index (κ1) is 42.6. The molecule has 8 N–H and O–H groups in total. The minimum atomic E-state index is -0.420. The first-order valence-electron chi connectivity index (χ1n) is 21.8. The molecular formula is C40H70N10O6. The van der Waals surface area contributed by atoms with Crippen molar-refractivity contribution in [1.82, 2.24) is 38.0 Å². The molecule has 0 aromatic carbocycles. The number of nitrogens with one attached hydrogen (secondary N) is 7. The van der Waals surface area contributed by atoms with Gasteiger partial charge >= 0.3 is 0 Å². The van der Waals surface area contributed by atoms with Crippen LogP contribution in [0.2, 0.25) is 0 Å². The molecule has 6 aliphatic rings. The molecule has 56 heavy (non-hydrogen) atoms. The van der Waals surface area contributed by atoms with Crippen molar-refractivity contribution in [2.24, 2.45) is 33.9 Å². The van der Waals surface area contributed by atoms with Gasteiger partial charge in [0.05, 0.1) is 18.9 Å². The highest BCUT2D eigenvalue weighted by molar-refractivity contribution is 5.84. The van der Waals surface area contributed by atoms with Crippen LogP contribution in [0.1, 0.15) is 148 Å². The Bertz CT molecular complexity index is 1350. The van der Waals surface area contributed by atoms with Gasteiger partial charge in [0.1, 0.15) is 17.4 Å². The third kappa shape index (κ3) is 12.2. The smallest absolute Gasteiger partial charge is 0.213 e. The lowest BCUT2D eigenvalue weighted by Crippen LogP contribution is -2.50. The van der Waals surface area contributed by atoms with Crippen LogP contribution in [0.25, 0.3) is 0 Å². The van der Waals surface area contributed by atoms with Crippen LogP contribution in [0.5, 0.6) is 0 Å². The van der Waals surface area contributed by atoms with E-state index in [1.807, 2.05) is 7.11 Å². The van der Waals surface area contributed by atoms with Crippen molar-refractivity contribution in [3.8, 4) is 0 Å². The third-order valence-corrected chi connectivity index (χ3v) is 13.6. The van der Waals surface area contributed by atoms with Crippen molar-refractivity contribution in [3.63, 3.8) is 0 Å². The molecule has 316 valence electrons. The monoisotopic (exact) mass is 787 g/mol. The molecule has 0 aliphatic heterocycles. The van der Waals surface area contributed by atoms with E-state index in [4.69, 9.17) is 24.9 Å². The maximum atomic E-state index is 11.2. The predicted octanol–water partition coefficient (Wildman–Crippen LogP) is 6.00. The summed E-state index contributed by atoms with van der Waals surface area (Å²) in [7, 11) is 3.58. The fourth-order valence-corrected chi connectivity index (χ4v) is 10.0. The molecule has 16 heteroatoms. The molecule has 0 radical (unpaired) electrons. The average molecular weight is 787 g/mol. The number of hydrazine groups is 2. The van der Waals surface area contributed by atoms with Crippen LogP contribution < -0.4 is 38.0 Å². The Labute approximate surface area is 333 Å². The summed E-state index contributed by atoms with van der Waals surface area (Å²) in [5.41, 5.74) is 25.7. The second kappa shape index (κ2) is 22.2. The van der Waals surface area contributed by atoms with Gasteiger partial charge in [-0.25, -0.2) is 16.1 Å². The Kier molecular flexibility index (Phi) is 16.9. The van der Waals surface area contributed by atoms with Gasteiger partial charge in [-0.3, -0.25) is 21.0 Å². The first-order chi connectivity index (χ1) is 27.4. The summed E-state index contributed by atoms with van der Waals surface area (Å²) in [5.74, 6) is 4.44. The number of ether oxygens (including phenoxy) is 2. The van der Waals surface area contributed by atoms with E-state index in [0.717, 1.165) is 125 Å². The molecule has 0 aromatic heterocycles. The fraction of sp³-hybridized carbons (Fsp3) is 0.850. The minimum absolute atomic E-state index is 0.0124. The number of nitro groups is 1. The summed E-state index contributed by atoms with van der Waals surface area (Å²) in [5, 5.41) is 29.9. The van der Waals surface area contributed by atoms with E-state index in [1.54, 1.807) is 7.11 Å². The molecule has 0 aromatic rings. The van der Waals surface area contributed by atoms with Gasteiger partial charge in [-0.2, -0.15) is 15.7 Å². The standard InChI is InChI=1S/C40H70N10O6/c1-54-37-26-33(43-47-39(27-9-5-3-6-10-27)45-41-30-14-16-32(17-15-30)49-56-53)20-23-35(37)29-13-24-36(38(25-29)55-2)44-48-40(28-11-7-4-8-12-28)46-42-31-18-21-34(22-19-31)50(51)52/h26-32,34-35,37,41-44,49,53H,3-25H2,1-2H3,(H,45,47)(H,46,48). The third-order valence-electron chi connectivity index (χ3n) is 13.6. The summed E-state index contributed by atoms with van der Waals surface area (Å²) in [6, 6.07) is 0.298. The summed E-state index contributed by atoms with van der Waals surface area (Å²) in [6.07, 6.45) is 25.4. The number of hydroxylamine groups is 1. The highest BCUT2D eigenvalue weighted by Crippen LogP contribution is 2.40. The first-order valence-corrected chi connectivity index (χ1v) is 21.8. The molecule has 0 heterocycles. The van der Waals surface area contributed by atoms with Crippen LogP contribution in [0.4, 0.5) is 0 Å². The second-order valence-corrected chi connectivity index (χ2v) is 17.2. The molecule has 0 saturated heterocycles. The minimum Gasteiger partial charge on any atom is -0.499 e. The zero-order valence-electron chi connectivity index (χ0n) is 33.9. The van der Waals surface area contributed by atoms with E-state index in [9.17, 15) is 10.1 Å². The molecule has 3 unspecified atom stereocenters. The lowest BCUT2D eigenvalue weighted by Gasteiger charge is -2.38. The second-order valence-electron chi connectivity index (χ2n) is 17.2. The van der Waals surface area contributed by atoms with Crippen molar-refractivity contribution >= 4 is 11.7 Å². The number of amidine groups is 2. The van der Waals surface area contributed by atoms with Crippen LogP contribution in [0, 0.1) is 33.8 Å². The van der Waals surface area contributed by atoms with Gasteiger partial charge in [-0.1, -0.05) is 38.5 Å². The van der Waals surface area contributed by atoms with Crippen molar-refractivity contribution < 1.29 is 24.6 Å². The Balaban J connectivity index is 1.04. The Morgan fingerprint density at radius 2 is 1.30 bits per heavy atom. The Morgan fingerprint density at radius 1 is 0.732 bits per heavy atom. The molecule has 4 saturated carbocycles. The summed E-state index contributed by atoms with van der Waals surface area (Å²) >= 11 is 0. The summed E-state index contributed by atoms with van der Waals surface area (Å²) < 4.78 is 12.2. The molecule has 3 atom stereocenters. The molecule has 6 aliphatic carbocycles. The highest BCUT2D eigenvalue weighted by atomic mass is 17.2. The maximum Gasteiger partial charge on any atom is 0.213 e. The normalized spacial score (nSPS) is 31.7. The van der Waals surface area contributed by atoms with Gasteiger partial charge in [0.2, 0.25) is 6.04 Å². The average Bonchev–Trinajstić information content (AvgIpc) is 3.25. The molecule has 0 bridgehead atoms. The number of hydrazone groups is 2. The van der Waals surface area contributed by atoms with Crippen molar-refractivity contribution in [2.75, 3.05) is 14.2 Å². The molecule has 16 nitrogen and oxygen atoms in total. The summed E-state index contributed by atoms with van der Waals surface area (Å²) in [6.45, 7) is 0. The molecular weight excluding hydrogens is 717 g/mol. The number of allylic oxidation sites excluding steroid dienone is 3. The van der Waals surface area contributed by atoms with E-state index in [0.29, 0.717) is 42.6 Å². The van der Waals surface area contributed by atoms with E-state index in [2.05, 4.69) is 49.1 Å². The van der Waals surface area contributed by atoms with Gasteiger partial charge in [-0.05, 0) is 108 Å². The van der Waals surface area contributed by atoms with Gasteiger partial charge in [-0.15, -0.1) is 4.99 Å². The van der Waals surface area contributed by atoms with Gasteiger partial charge in [0.25, 0.3) is 0 Å². The molecule has 4 fully saturated rings. The highest BCUT2D eigenvalue weighted by Gasteiger charge is 2.36. The zero-order chi connectivity index (χ0) is 39.1. The van der Waals surface area contributed by atoms with Crippen LogP contribution >= 0.6 is 0 Å². The van der Waals surface area contributed by atoms with Crippen LogP contribution in [-0.4, -0.2) is 66.3 Å². The largest absolute Gasteiger partial charge is 0.499 e. The van der Waals surface area contributed by atoms with Gasteiger partial charge in [0, 0.05) is 67.0 Å². The zero-order valence-corrected chi connectivity index (χ0v) is 33.9. The van der Waals surface area contributed by atoms with Crippen molar-refractivity contribution in [2.45, 2.75) is 178 Å². The van der Waals surface area contributed by atoms with Gasteiger partial charge in [0.15, 0.2) is 0 Å².